The van der Waals surface area contributed by atoms with E-state index < -0.39 is 0 Å². The summed E-state index contributed by atoms with van der Waals surface area (Å²) in [5.41, 5.74) is 15.0. The van der Waals surface area contributed by atoms with Crippen LogP contribution in [0.3, 0.4) is 0 Å². The maximum absolute atomic E-state index is 12.1. The van der Waals surface area contributed by atoms with Gasteiger partial charge in [-0.25, -0.2) is 4.99 Å². The van der Waals surface area contributed by atoms with Crippen LogP contribution in [0.25, 0.3) is 11.1 Å². The summed E-state index contributed by atoms with van der Waals surface area (Å²) in [5, 5.41) is 6.24. The third kappa shape index (κ3) is 7.04. The summed E-state index contributed by atoms with van der Waals surface area (Å²) in [5.74, 6) is 0.0864. The lowest BCUT2D eigenvalue weighted by molar-refractivity contribution is -0.120. The smallest absolute Gasteiger partial charge is 0.234 e. The molecule has 150 valence electrons. The Balaban J connectivity index is 1.94. The summed E-state index contributed by atoms with van der Waals surface area (Å²) in [6, 6.07) is 16.3. The van der Waals surface area contributed by atoms with Gasteiger partial charge in [0.05, 0.1) is 13.1 Å². The highest BCUT2D eigenvalue weighted by Crippen LogP contribution is 2.21. The van der Waals surface area contributed by atoms with E-state index in [0.717, 1.165) is 28.7 Å². The Kier molecular flexibility index (Phi) is 7.58. The van der Waals surface area contributed by atoms with Gasteiger partial charge in [-0.15, -0.1) is 0 Å². The average Bonchev–Trinajstić information content (AvgIpc) is 2.70. The number of carbonyl (C=O) groups excluding carboxylic acids is 1. The van der Waals surface area contributed by atoms with E-state index in [9.17, 15) is 4.79 Å². The normalized spacial score (nSPS) is 11.1. The molecule has 0 spiro atoms. The molecule has 1 amide bonds. The second-order valence-corrected chi connectivity index (χ2v) is 7.51. The van der Waals surface area contributed by atoms with Crippen molar-refractivity contribution in [2.45, 2.75) is 45.8 Å². The number of guanidine groups is 1. The highest BCUT2D eigenvalue weighted by atomic mass is 16.1. The number of nitrogens with two attached hydrogens (primary N) is 2. The van der Waals surface area contributed by atoms with Gasteiger partial charge >= 0.3 is 0 Å². The summed E-state index contributed by atoms with van der Waals surface area (Å²) in [7, 11) is 0. The lowest BCUT2D eigenvalue weighted by Crippen LogP contribution is -2.44. The lowest BCUT2D eigenvalue weighted by atomic mass is 10.0. The van der Waals surface area contributed by atoms with Gasteiger partial charge in [-0.2, -0.15) is 0 Å². The topological polar surface area (TPSA) is 106 Å². The van der Waals surface area contributed by atoms with Crippen molar-refractivity contribution in [3.63, 3.8) is 0 Å². The number of rotatable bonds is 9. The Morgan fingerprint density at radius 1 is 1.04 bits per heavy atom. The molecule has 0 aromatic heterocycles. The van der Waals surface area contributed by atoms with Crippen LogP contribution in [0, 0.1) is 0 Å². The SMILES string of the molecule is CCC(C)(C)NCC(=O)NCc1cccc(-c2ccc(CN=C(N)N)cc2)c1. The molecule has 2 aromatic carbocycles. The molecule has 0 heterocycles. The Morgan fingerprint density at radius 2 is 1.75 bits per heavy atom. The van der Waals surface area contributed by atoms with Gasteiger partial charge < -0.3 is 22.1 Å². The predicted molar refractivity (Wildman–Crippen MR) is 116 cm³/mol. The van der Waals surface area contributed by atoms with Gasteiger partial charge in [0.15, 0.2) is 5.96 Å². The quantitative estimate of drug-likeness (QED) is 0.396. The third-order valence-corrected chi connectivity index (χ3v) is 4.76. The zero-order valence-electron chi connectivity index (χ0n) is 17.0. The maximum atomic E-state index is 12.1. The Morgan fingerprint density at radius 3 is 2.39 bits per heavy atom. The van der Waals surface area contributed by atoms with Gasteiger partial charge in [-0.3, -0.25) is 4.79 Å². The fourth-order valence-corrected chi connectivity index (χ4v) is 2.55. The van der Waals surface area contributed by atoms with E-state index in [2.05, 4.69) is 48.5 Å². The van der Waals surface area contributed by atoms with E-state index in [1.807, 2.05) is 36.4 Å². The molecule has 6 N–H and O–H groups in total. The second-order valence-electron chi connectivity index (χ2n) is 7.51. The van der Waals surface area contributed by atoms with E-state index in [0.29, 0.717) is 19.6 Å². The lowest BCUT2D eigenvalue weighted by Gasteiger charge is -2.24. The highest BCUT2D eigenvalue weighted by molar-refractivity contribution is 5.78. The standard InChI is InChI=1S/C22H31N5O/c1-4-22(2,3)27-15-20(28)25-14-17-6-5-7-19(12-17)18-10-8-16(9-11-18)13-26-21(23)24/h5-12,27H,4,13-15H2,1-3H3,(H,25,28)(H4,23,24,26). The van der Waals surface area contributed by atoms with Gasteiger partial charge in [-0.1, -0.05) is 49.4 Å². The van der Waals surface area contributed by atoms with Crippen LogP contribution in [0.5, 0.6) is 0 Å². The minimum Gasteiger partial charge on any atom is -0.370 e. The minimum absolute atomic E-state index is 0.00369. The second kappa shape index (κ2) is 9.90. The van der Waals surface area contributed by atoms with Gasteiger partial charge in [0.25, 0.3) is 0 Å². The number of benzene rings is 2. The molecule has 0 bridgehead atoms. The summed E-state index contributed by atoms with van der Waals surface area (Å²) in [6.07, 6.45) is 0.965. The molecule has 0 aliphatic rings. The molecule has 0 radical (unpaired) electrons. The molecular formula is C22H31N5O. The van der Waals surface area contributed by atoms with Crippen molar-refractivity contribution in [2.24, 2.45) is 16.5 Å². The summed E-state index contributed by atoms with van der Waals surface area (Å²) >= 11 is 0. The van der Waals surface area contributed by atoms with Crippen molar-refractivity contribution in [1.82, 2.24) is 10.6 Å². The van der Waals surface area contributed by atoms with Crippen LogP contribution in [0.1, 0.15) is 38.3 Å². The first kappa shape index (κ1) is 21.4. The van der Waals surface area contributed by atoms with E-state index in [1.165, 1.54) is 0 Å². The molecule has 0 unspecified atom stereocenters. The van der Waals surface area contributed by atoms with Crippen molar-refractivity contribution >= 4 is 11.9 Å². The molecular weight excluding hydrogens is 350 g/mol. The molecule has 0 saturated heterocycles. The monoisotopic (exact) mass is 381 g/mol. The minimum atomic E-state index is -0.0371. The molecule has 0 aliphatic heterocycles. The number of hydrogen-bond acceptors (Lipinski definition) is 3. The first-order chi connectivity index (χ1) is 13.3. The van der Waals surface area contributed by atoms with Crippen molar-refractivity contribution in [2.75, 3.05) is 6.54 Å². The Bertz CT molecular complexity index is 808. The molecule has 0 atom stereocenters. The largest absolute Gasteiger partial charge is 0.370 e. The molecule has 28 heavy (non-hydrogen) atoms. The summed E-state index contributed by atoms with van der Waals surface area (Å²) < 4.78 is 0. The molecule has 6 heteroatoms. The van der Waals surface area contributed by atoms with E-state index in [-0.39, 0.29) is 17.4 Å². The zero-order valence-corrected chi connectivity index (χ0v) is 17.0. The molecule has 2 rings (SSSR count). The Labute approximate surface area is 167 Å². The van der Waals surface area contributed by atoms with Crippen molar-refractivity contribution in [3.8, 4) is 11.1 Å². The molecule has 0 saturated carbocycles. The highest BCUT2D eigenvalue weighted by Gasteiger charge is 2.15. The molecule has 2 aromatic rings. The number of nitrogens with one attached hydrogen (secondary N) is 2. The number of aliphatic imine (C=N–C) groups is 1. The number of hydrogen-bond donors (Lipinski definition) is 4. The van der Waals surface area contributed by atoms with Gasteiger partial charge in [0.1, 0.15) is 0 Å². The first-order valence-corrected chi connectivity index (χ1v) is 9.54. The van der Waals surface area contributed by atoms with Gasteiger partial charge in [0, 0.05) is 12.1 Å². The van der Waals surface area contributed by atoms with Crippen LogP contribution in [0.4, 0.5) is 0 Å². The van der Waals surface area contributed by atoms with Crippen molar-refractivity contribution < 1.29 is 4.79 Å². The predicted octanol–water partition coefficient (Wildman–Crippen LogP) is 2.52. The number of amides is 1. The third-order valence-electron chi connectivity index (χ3n) is 4.76. The molecule has 0 fully saturated rings. The van der Waals surface area contributed by atoms with Crippen LogP contribution in [-0.4, -0.2) is 24.0 Å². The van der Waals surface area contributed by atoms with Crippen LogP contribution in [0.2, 0.25) is 0 Å². The molecule has 6 nitrogen and oxygen atoms in total. The van der Waals surface area contributed by atoms with Gasteiger partial charge in [-0.05, 0) is 48.6 Å². The van der Waals surface area contributed by atoms with Crippen LogP contribution < -0.4 is 22.1 Å². The Hall–Kier alpha value is -2.86. The van der Waals surface area contributed by atoms with E-state index in [1.54, 1.807) is 0 Å². The van der Waals surface area contributed by atoms with Crippen molar-refractivity contribution in [1.29, 1.82) is 0 Å². The summed E-state index contributed by atoms with van der Waals surface area (Å²) in [4.78, 5) is 16.1. The maximum Gasteiger partial charge on any atom is 0.234 e. The van der Waals surface area contributed by atoms with Crippen LogP contribution >= 0.6 is 0 Å². The zero-order chi connectivity index (χ0) is 20.6. The average molecular weight is 382 g/mol. The first-order valence-electron chi connectivity index (χ1n) is 9.54. The van der Waals surface area contributed by atoms with Crippen LogP contribution in [0.15, 0.2) is 53.5 Å². The summed E-state index contributed by atoms with van der Waals surface area (Å²) in [6.45, 7) is 7.57. The van der Waals surface area contributed by atoms with E-state index >= 15 is 0 Å². The fourth-order valence-electron chi connectivity index (χ4n) is 2.55. The fraction of sp³-hybridized carbons (Fsp3) is 0.364. The van der Waals surface area contributed by atoms with Gasteiger partial charge in [0.2, 0.25) is 5.91 Å². The molecule has 0 aliphatic carbocycles. The van der Waals surface area contributed by atoms with Crippen molar-refractivity contribution in [3.05, 3.63) is 59.7 Å². The number of carbonyl (C=O) groups is 1. The van der Waals surface area contributed by atoms with Crippen LogP contribution in [-0.2, 0) is 17.9 Å². The van der Waals surface area contributed by atoms with E-state index in [4.69, 9.17) is 11.5 Å². The number of nitrogens with zero attached hydrogens (tertiary/aromatic N) is 1.